The second kappa shape index (κ2) is 4.05. The van der Waals surface area contributed by atoms with Gasteiger partial charge >= 0.3 is 18.9 Å². The number of hydrogen-bond donors (Lipinski definition) is 0. The Morgan fingerprint density at radius 2 is 1.29 bits per heavy atom. The first-order valence-electron chi connectivity index (χ1n) is 2.85. The van der Waals surface area contributed by atoms with Gasteiger partial charge in [-0.25, -0.2) is 17.4 Å². The first-order chi connectivity index (χ1) is 2.56. The van der Waals surface area contributed by atoms with E-state index in [4.69, 9.17) is 0 Å². The third kappa shape index (κ3) is 11.0. The molecule has 0 aromatic rings. The van der Waals surface area contributed by atoms with Gasteiger partial charge in [-0.1, -0.05) is 0 Å². The molecule has 0 N–H and O–H groups in total. The van der Waals surface area contributed by atoms with E-state index >= 15 is 0 Å². The molecule has 0 aliphatic rings. The van der Waals surface area contributed by atoms with Crippen LogP contribution in [0.1, 0.15) is 6.92 Å². The van der Waals surface area contributed by atoms with Crippen LogP contribution in [0.2, 0.25) is 22.6 Å². The predicted octanol–water partition coefficient (Wildman–Crippen LogP) is -0.651. The van der Waals surface area contributed by atoms with Crippen molar-refractivity contribution in [3.63, 3.8) is 0 Å². The second-order valence-corrected chi connectivity index (χ2v) is 10.1. The van der Waals surface area contributed by atoms with E-state index in [0.717, 1.165) is 0 Å². The van der Waals surface area contributed by atoms with Gasteiger partial charge in [0.25, 0.3) is 0 Å². The molecule has 0 aromatic carbocycles. The molecule has 0 unspecified atom stereocenters. The Labute approximate surface area is 61.5 Å². The van der Waals surface area contributed by atoms with E-state index in [1.165, 1.54) is 5.28 Å². The van der Waals surface area contributed by atoms with Crippen LogP contribution in [0.3, 0.4) is 0 Å². The molecule has 0 rings (SSSR count). The molecule has 0 heterocycles. The quantitative estimate of drug-likeness (QED) is 0.391. The third-order valence-electron chi connectivity index (χ3n) is 1.22. The van der Waals surface area contributed by atoms with E-state index in [2.05, 4.69) is 24.3 Å². The summed E-state index contributed by atoms with van der Waals surface area (Å²) in [5.41, 5.74) is 0. The van der Waals surface area contributed by atoms with Crippen LogP contribution in [-0.2, 0) is 0 Å². The molecule has 0 fully saturated rings. The van der Waals surface area contributed by atoms with Gasteiger partial charge in [0.05, 0.1) is 0 Å². The number of hydrogen-bond acceptors (Lipinski definition) is 0. The molecule has 0 aliphatic carbocycles. The Morgan fingerprint density at radius 1 is 1.14 bits per heavy atom. The average molecular weight is 108 g/mol. The molecule has 0 nitrogen and oxygen atoms in total. The Morgan fingerprint density at radius 3 is 1.29 bits per heavy atom. The van der Waals surface area contributed by atoms with E-state index in [9.17, 15) is 0 Å². The van der Waals surface area contributed by atoms with Crippen molar-refractivity contribution in [3.05, 3.63) is 0 Å². The Bertz CT molecular complexity index is 37.8. The number of rotatable bonds is 1. The smallest absolute Gasteiger partial charge is 0.204 e. The summed E-state index contributed by atoms with van der Waals surface area (Å²) in [6.45, 7) is 2.28. The minimum absolute atomic E-state index is 0. The standard InChI is InChI=1S/C2H5.3CH3.Al.Li/c1-2;;;;;/h1H2,2H3;3*1H3;;/q;;;;-1;+1. The molecule has 2 heteroatoms. The van der Waals surface area contributed by atoms with Crippen LogP contribution >= 0.6 is 0 Å². The van der Waals surface area contributed by atoms with Gasteiger partial charge < -0.3 is 0 Å². The van der Waals surface area contributed by atoms with Gasteiger partial charge in [-0.05, 0) is 0 Å². The fourth-order valence-corrected chi connectivity index (χ4v) is 0. The maximum atomic E-state index is 2.41. The van der Waals surface area contributed by atoms with Crippen molar-refractivity contribution in [3.8, 4) is 0 Å². The predicted molar refractivity (Wildman–Crippen MR) is 33.8 cm³/mol. The van der Waals surface area contributed by atoms with Gasteiger partial charge in [-0.15, -0.1) is 6.92 Å². The van der Waals surface area contributed by atoms with Gasteiger partial charge in [0.2, 0.25) is 0 Å². The fourth-order valence-electron chi connectivity index (χ4n) is 0. The van der Waals surface area contributed by atoms with Crippen molar-refractivity contribution >= 4 is 13.1 Å². The van der Waals surface area contributed by atoms with Crippen molar-refractivity contribution in [2.45, 2.75) is 29.6 Å². The molecule has 0 aliphatic heterocycles. The Hall–Kier alpha value is 1.13. The van der Waals surface area contributed by atoms with Crippen LogP contribution in [0.5, 0.6) is 0 Å². The van der Waals surface area contributed by atoms with Crippen LogP contribution in [0.25, 0.3) is 0 Å². The summed E-state index contributed by atoms with van der Waals surface area (Å²) in [5, 5.41) is 1.44. The SMILES string of the molecule is C[CH2][Al-]([CH3])([CH3])[CH3].[Li+]. The maximum Gasteiger partial charge on any atom is 1.00 e. The first-order valence-corrected chi connectivity index (χ1v) is 7.13. The molecule has 0 spiro atoms. The molecular weight excluding hydrogens is 94.0 g/mol. The van der Waals surface area contributed by atoms with Crippen LogP contribution < -0.4 is 18.9 Å². The van der Waals surface area contributed by atoms with E-state index in [1.807, 2.05) is 0 Å². The van der Waals surface area contributed by atoms with Gasteiger partial charge in [-0.3, -0.25) is 0 Å². The van der Waals surface area contributed by atoms with Crippen molar-refractivity contribution < 1.29 is 18.9 Å². The van der Waals surface area contributed by atoms with Gasteiger partial charge in [0.1, 0.15) is 13.1 Å². The van der Waals surface area contributed by atoms with E-state index in [0.29, 0.717) is 0 Å². The minimum atomic E-state index is -0.866. The summed E-state index contributed by atoms with van der Waals surface area (Å²) in [4.78, 5) is 0. The minimum Gasteiger partial charge on any atom is -0.204 e. The molecule has 0 amide bonds. The zero-order valence-electron chi connectivity index (χ0n) is 6.28. The topological polar surface area (TPSA) is 0 Å². The zero-order valence-corrected chi connectivity index (χ0v) is 7.44. The van der Waals surface area contributed by atoms with E-state index in [-0.39, 0.29) is 18.9 Å². The summed E-state index contributed by atoms with van der Waals surface area (Å²) in [6.07, 6.45) is 0. The summed E-state index contributed by atoms with van der Waals surface area (Å²) in [6, 6.07) is 0. The van der Waals surface area contributed by atoms with Crippen LogP contribution in [0.4, 0.5) is 0 Å². The van der Waals surface area contributed by atoms with Crippen LogP contribution in [0, 0.1) is 0 Å². The molecular formula is C5H14AlLi. The van der Waals surface area contributed by atoms with Crippen molar-refractivity contribution in [2.24, 2.45) is 0 Å². The molecule has 38 valence electrons. The van der Waals surface area contributed by atoms with E-state index < -0.39 is 13.1 Å². The zero-order chi connectivity index (χ0) is 5.21. The monoisotopic (exact) mass is 108 g/mol. The fraction of sp³-hybridized carbons (Fsp3) is 1.00. The summed E-state index contributed by atoms with van der Waals surface area (Å²) >= 11 is -0.866. The molecule has 7 heavy (non-hydrogen) atoms. The van der Waals surface area contributed by atoms with Crippen molar-refractivity contribution in [1.29, 1.82) is 0 Å². The summed E-state index contributed by atoms with van der Waals surface area (Å²) in [5.74, 6) is 7.23. The molecule has 0 bridgehead atoms. The Kier molecular flexibility index (Phi) is 6.37. The molecule has 0 atom stereocenters. The first kappa shape index (κ1) is 11.0. The molecule has 0 aromatic heterocycles. The molecule has 0 radical (unpaired) electrons. The van der Waals surface area contributed by atoms with Gasteiger partial charge in [0, 0.05) is 0 Å². The van der Waals surface area contributed by atoms with Crippen LogP contribution in [-0.4, -0.2) is 13.1 Å². The van der Waals surface area contributed by atoms with Gasteiger partial charge in [-0.2, -0.15) is 5.28 Å². The molecule has 0 saturated carbocycles. The summed E-state index contributed by atoms with van der Waals surface area (Å²) < 4.78 is 0. The van der Waals surface area contributed by atoms with E-state index in [1.54, 1.807) is 0 Å². The van der Waals surface area contributed by atoms with Crippen molar-refractivity contribution in [2.75, 3.05) is 0 Å². The third-order valence-corrected chi connectivity index (χ3v) is 3.67. The Balaban J connectivity index is 0. The second-order valence-electron chi connectivity index (χ2n) is 3.37. The van der Waals surface area contributed by atoms with Gasteiger partial charge in [0.15, 0.2) is 0 Å². The average Bonchev–Trinajstić information content (AvgIpc) is 1.35. The molecule has 0 saturated heterocycles. The normalized spacial score (nSPS) is 10.3. The van der Waals surface area contributed by atoms with Crippen LogP contribution in [0.15, 0.2) is 0 Å². The maximum absolute atomic E-state index is 2.41. The largest absolute Gasteiger partial charge is 1.00 e. The van der Waals surface area contributed by atoms with Crippen molar-refractivity contribution in [1.82, 2.24) is 0 Å². The summed E-state index contributed by atoms with van der Waals surface area (Å²) in [7, 11) is 0.